The van der Waals surface area contributed by atoms with Crippen LogP contribution in [0.15, 0.2) is 60.7 Å². The van der Waals surface area contributed by atoms with Gasteiger partial charge >= 0.3 is 5.97 Å². The van der Waals surface area contributed by atoms with Crippen molar-refractivity contribution in [2.75, 3.05) is 6.61 Å². The number of hydroxylamine groups is 2. The maximum atomic E-state index is 12.9. The Morgan fingerprint density at radius 3 is 2.15 bits per heavy atom. The van der Waals surface area contributed by atoms with E-state index < -0.39 is 35.5 Å². The molecule has 27 heavy (non-hydrogen) atoms. The van der Waals surface area contributed by atoms with Gasteiger partial charge in [-0.25, -0.2) is 4.79 Å². The summed E-state index contributed by atoms with van der Waals surface area (Å²) in [6.45, 7) is 1.20. The first-order valence-electron chi connectivity index (χ1n) is 8.38. The number of rotatable bonds is 9. The van der Waals surface area contributed by atoms with Crippen LogP contribution in [0.1, 0.15) is 35.3 Å². The van der Waals surface area contributed by atoms with E-state index in [1.807, 2.05) is 0 Å². The number of carbonyl (C=O) groups is 2. The Kier molecular flexibility index (Phi) is 7.01. The fourth-order valence-corrected chi connectivity index (χ4v) is 2.47. The minimum atomic E-state index is -1.44. The van der Waals surface area contributed by atoms with E-state index in [0.717, 1.165) is 0 Å². The molecule has 0 saturated carbocycles. The van der Waals surface area contributed by atoms with Gasteiger partial charge in [-0.2, -0.15) is 5.06 Å². The zero-order valence-corrected chi connectivity index (χ0v) is 14.7. The van der Waals surface area contributed by atoms with Crippen LogP contribution in [0.4, 0.5) is 0 Å². The van der Waals surface area contributed by atoms with E-state index in [9.17, 15) is 24.8 Å². The van der Waals surface area contributed by atoms with Gasteiger partial charge in [0.25, 0.3) is 5.91 Å². The Morgan fingerprint density at radius 2 is 1.67 bits per heavy atom. The zero-order chi connectivity index (χ0) is 19.8. The van der Waals surface area contributed by atoms with Crippen LogP contribution < -0.4 is 0 Å². The second-order valence-electron chi connectivity index (χ2n) is 5.79. The second kappa shape index (κ2) is 9.44. The molecule has 0 bridgehead atoms. The molecule has 2 aromatic rings. The third-order valence-corrected chi connectivity index (χ3v) is 3.98. The molecule has 2 aromatic carbocycles. The van der Waals surface area contributed by atoms with Gasteiger partial charge in [0, 0.05) is 16.9 Å². The summed E-state index contributed by atoms with van der Waals surface area (Å²) in [6.07, 6.45) is 0.184. The number of hydrogen-bond acceptors (Lipinski definition) is 5. The maximum Gasteiger partial charge on any atom is 0.333 e. The molecular formula is C19H20N2O6. The summed E-state index contributed by atoms with van der Waals surface area (Å²) in [7, 11) is 0. The van der Waals surface area contributed by atoms with Crippen molar-refractivity contribution in [1.29, 1.82) is 0 Å². The lowest BCUT2D eigenvalue weighted by Gasteiger charge is -2.28. The van der Waals surface area contributed by atoms with Crippen molar-refractivity contribution < 1.29 is 24.5 Å². The van der Waals surface area contributed by atoms with Gasteiger partial charge in [-0.05, 0) is 17.7 Å². The molecule has 0 spiro atoms. The molecule has 1 N–H and O–H groups in total. The summed E-state index contributed by atoms with van der Waals surface area (Å²) < 4.78 is 0. The third-order valence-electron chi connectivity index (χ3n) is 3.98. The molecule has 2 rings (SSSR count). The Bertz CT molecular complexity index is 781. The largest absolute Gasteiger partial charge is 0.479 e. The number of amides is 1. The molecule has 2 atom stereocenters. The van der Waals surface area contributed by atoms with Gasteiger partial charge in [-0.3, -0.25) is 19.7 Å². The number of aliphatic carboxylic acids is 1. The fourth-order valence-electron chi connectivity index (χ4n) is 2.47. The quantitative estimate of drug-likeness (QED) is 0.535. The van der Waals surface area contributed by atoms with Crippen molar-refractivity contribution in [1.82, 2.24) is 5.06 Å². The molecule has 0 fully saturated rings. The van der Waals surface area contributed by atoms with Crippen molar-refractivity contribution >= 4 is 11.9 Å². The molecule has 0 aromatic heterocycles. The minimum Gasteiger partial charge on any atom is -0.479 e. The van der Waals surface area contributed by atoms with Crippen LogP contribution in [-0.2, 0) is 9.63 Å². The smallest absolute Gasteiger partial charge is 0.333 e. The van der Waals surface area contributed by atoms with Crippen LogP contribution in [0.25, 0.3) is 0 Å². The average Bonchev–Trinajstić information content (AvgIpc) is 2.67. The highest BCUT2D eigenvalue weighted by molar-refractivity contribution is 5.96. The first kappa shape index (κ1) is 20.1. The predicted molar refractivity (Wildman–Crippen MR) is 96.5 cm³/mol. The number of nitrogens with zero attached hydrogens (tertiary/aromatic N) is 2. The van der Waals surface area contributed by atoms with E-state index in [0.29, 0.717) is 10.6 Å². The lowest BCUT2D eigenvalue weighted by atomic mass is 10.1. The van der Waals surface area contributed by atoms with Crippen molar-refractivity contribution in [3.05, 3.63) is 81.9 Å². The SMILES string of the molecule is CCC(CON(C(=O)c1ccccc1)[C@H](C(=O)O)c1ccccc1)[N+](=O)[O-]. The topological polar surface area (TPSA) is 110 Å². The molecule has 8 heteroatoms. The summed E-state index contributed by atoms with van der Waals surface area (Å²) in [5.74, 6) is -2.00. The number of carbonyl (C=O) groups excluding carboxylic acids is 1. The first-order chi connectivity index (χ1) is 13.0. The first-order valence-corrected chi connectivity index (χ1v) is 8.38. The van der Waals surface area contributed by atoms with Crippen LogP contribution in [0.5, 0.6) is 0 Å². The highest BCUT2D eigenvalue weighted by Crippen LogP contribution is 2.24. The Labute approximate surface area is 156 Å². The van der Waals surface area contributed by atoms with Crippen molar-refractivity contribution in [2.24, 2.45) is 0 Å². The van der Waals surface area contributed by atoms with E-state index in [2.05, 4.69) is 0 Å². The highest BCUT2D eigenvalue weighted by atomic mass is 16.7. The standard InChI is InChI=1S/C19H20N2O6/c1-2-16(21(25)26)13-27-20(18(22)15-11-7-4-8-12-15)17(19(23)24)14-9-5-3-6-10-14/h3-12,16-17H,2,13H2,1H3,(H,23,24)/t16?,17-/m0/s1. The summed E-state index contributed by atoms with van der Waals surface area (Å²) in [6, 6.07) is 13.6. The summed E-state index contributed by atoms with van der Waals surface area (Å²) >= 11 is 0. The molecule has 0 heterocycles. The van der Waals surface area contributed by atoms with E-state index in [4.69, 9.17) is 4.84 Å². The van der Waals surface area contributed by atoms with Crippen LogP contribution in [0.3, 0.4) is 0 Å². The number of carboxylic acid groups (broad SMARTS) is 1. The van der Waals surface area contributed by atoms with Gasteiger partial charge in [0.1, 0.15) is 6.61 Å². The Hall–Kier alpha value is -3.26. The Balaban J connectivity index is 2.39. The van der Waals surface area contributed by atoms with Gasteiger partial charge in [0.15, 0.2) is 6.04 Å². The van der Waals surface area contributed by atoms with Gasteiger partial charge in [-0.1, -0.05) is 55.5 Å². The minimum absolute atomic E-state index is 0.184. The molecule has 0 aliphatic carbocycles. The number of benzene rings is 2. The van der Waals surface area contributed by atoms with Gasteiger partial charge in [-0.15, -0.1) is 0 Å². The van der Waals surface area contributed by atoms with E-state index in [1.165, 1.54) is 12.1 Å². The lowest BCUT2D eigenvalue weighted by Crippen LogP contribution is -2.41. The maximum absolute atomic E-state index is 12.9. The van der Waals surface area contributed by atoms with Crippen molar-refractivity contribution in [2.45, 2.75) is 25.4 Å². The van der Waals surface area contributed by atoms with Crippen molar-refractivity contribution in [3.63, 3.8) is 0 Å². The second-order valence-corrected chi connectivity index (χ2v) is 5.79. The Morgan fingerprint density at radius 1 is 1.11 bits per heavy atom. The molecular weight excluding hydrogens is 352 g/mol. The monoisotopic (exact) mass is 372 g/mol. The van der Waals surface area contributed by atoms with Gasteiger partial charge in [0.05, 0.1) is 0 Å². The summed E-state index contributed by atoms with van der Waals surface area (Å²) in [5.41, 5.74) is 0.539. The number of hydrogen-bond donors (Lipinski definition) is 1. The lowest BCUT2D eigenvalue weighted by molar-refractivity contribution is -0.530. The number of carboxylic acids is 1. The highest BCUT2D eigenvalue weighted by Gasteiger charge is 2.34. The van der Waals surface area contributed by atoms with Crippen molar-refractivity contribution in [3.8, 4) is 0 Å². The molecule has 0 aliphatic rings. The van der Waals surface area contributed by atoms with Crippen LogP contribution >= 0.6 is 0 Å². The zero-order valence-electron chi connectivity index (χ0n) is 14.7. The predicted octanol–water partition coefficient (Wildman–Crippen LogP) is 2.94. The molecule has 142 valence electrons. The molecule has 0 radical (unpaired) electrons. The van der Waals surface area contributed by atoms with E-state index >= 15 is 0 Å². The van der Waals surface area contributed by atoms with Gasteiger partial charge in [0.2, 0.25) is 6.04 Å². The van der Waals surface area contributed by atoms with Crippen LogP contribution in [0.2, 0.25) is 0 Å². The number of nitro groups is 1. The summed E-state index contributed by atoms with van der Waals surface area (Å²) in [4.78, 5) is 40.8. The molecule has 0 saturated heterocycles. The average molecular weight is 372 g/mol. The summed E-state index contributed by atoms with van der Waals surface area (Å²) in [5, 5.41) is 21.5. The normalized spacial score (nSPS) is 12.8. The third kappa shape index (κ3) is 5.11. The van der Waals surface area contributed by atoms with Crippen LogP contribution in [0, 0.1) is 10.1 Å². The molecule has 1 unspecified atom stereocenters. The molecule has 8 nitrogen and oxygen atoms in total. The van der Waals surface area contributed by atoms with Crippen LogP contribution in [-0.4, -0.2) is 39.6 Å². The van der Waals surface area contributed by atoms with E-state index in [1.54, 1.807) is 55.5 Å². The van der Waals surface area contributed by atoms with E-state index in [-0.39, 0.29) is 12.0 Å². The fraction of sp³-hybridized carbons (Fsp3) is 0.263. The van der Waals surface area contributed by atoms with Gasteiger partial charge < -0.3 is 5.11 Å². The molecule has 0 aliphatic heterocycles. The molecule has 1 amide bonds.